The summed E-state index contributed by atoms with van der Waals surface area (Å²) in [6, 6.07) is 7.49. The zero-order valence-electron chi connectivity index (χ0n) is 18.3. The van der Waals surface area contributed by atoms with E-state index in [1.165, 1.54) is 31.0 Å². The van der Waals surface area contributed by atoms with Crippen LogP contribution in [0.25, 0.3) is 10.9 Å². The van der Waals surface area contributed by atoms with Crippen molar-refractivity contribution in [3.05, 3.63) is 34.6 Å². The maximum Gasteiger partial charge on any atom is 0.262 e. The zero-order chi connectivity index (χ0) is 21.4. The first-order valence-electron chi connectivity index (χ1n) is 11.8. The van der Waals surface area contributed by atoms with Crippen molar-refractivity contribution in [1.82, 2.24) is 9.55 Å². The Labute approximate surface area is 188 Å². The van der Waals surface area contributed by atoms with Gasteiger partial charge in [-0.3, -0.25) is 14.2 Å². The van der Waals surface area contributed by atoms with Crippen LogP contribution >= 0.6 is 11.8 Å². The van der Waals surface area contributed by atoms with Gasteiger partial charge in [0.05, 0.1) is 16.7 Å². The second kappa shape index (κ2) is 8.70. The van der Waals surface area contributed by atoms with Gasteiger partial charge in [0.15, 0.2) is 5.16 Å². The smallest absolute Gasteiger partial charge is 0.262 e. The number of ether oxygens (including phenoxy) is 1. The minimum Gasteiger partial charge on any atom is -0.382 e. The van der Waals surface area contributed by atoms with Crippen molar-refractivity contribution in [3.63, 3.8) is 0 Å². The standard InChI is InChI=1S/C25H32N2O3S/c1-2-30-9-5-8-27-23(29)20-6-3-4-7-21(20)26-24(27)31-16-22(28)25-13-17-10-18(14-25)12-19(11-17)15-25/h3-4,6-7,17-19H,2,5,8-16H2,1H3. The molecule has 5 nitrogen and oxygen atoms in total. The predicted octanol–water partition coefficient (Wildman–Crippen LogP) is 4.70. The van der Waals surface area contributed by atoms with E-state index in [9.17, 15) is 9.59 Å². The maximum absolute atomic E-state index is 13.5. The molecule has 0 saturated heterocycles. The first-order valence-corrected chi connectivity index (χ1v) is 12.8. The first-order chi connectivity index (χ1) is 15.1. The quantitative estimate of drug-likeness (QED) is 0.321. The number of carbonyl (C=O) groups is 1. The van der Waals surface area contributed by atoms with Gasteiger partial charge in [-0.25, -0.2) is 4.98 Å². The molecule has 4 aliphatic carbocycles. The van der Waals surface area contributed by atoms with Crippen LogP contribution in [-0.2, 0) is 16.1 Å². The summed E-state index contributed by atoms with van der Waals surface area (Å²) >= 11 is 1.46. The van der Waals surface area contributed by atoms with Crippen molar-refractivity contribution in [2.45, 2.75) is 63.6 Å². The molecule has 6 rings (SSSR count). The van der Waals surface area contributed by atoms with E-state index < -0.39 is 0 Å². The summed E-state index contributed by atoms with van der Waals surface area (Å²) in [4.78, 5) is 31.4. The molecule has 0 atom stereocenters. The normalized spacial score (nSPS) is 29.0. The number of para-hydroxylation sites is 1. The van der Waals surface area contributed by atoms with Crippen LogP contribution in [0.5, 0.6) is 0 Å². The second-order valence-corrected chi connectivity index (χ2v) is 10.8. The van der Waals surface area contributed by atoms with Crippen molar-refractivity contribution in [1.29, 1.82) is 0 Å². The van der Waals surface area contributed by atoms with E-state index >= 15 is 0 Å². The average Bonchev–Trinajstić information content (AvgIpc) is 2.75. The highest BCUT2D eigenvalue weighted by Gasteiger charge is 2.54. The minimum absolute atomic E-state index is 0.0214. The molecule has 4 bridgehead atoms. The number of nitrogens with zero attached hydrogens (tertiary/aromatic N) is 2. The summed E-state index contributed by atoms with van der Waals surface area (Å²) < 4.78 is 7.21. The van der Waals surface area contributed by atoms with Gasteiger partial charge in [-0.05, 0) is 81.8 Å². The molecule has 1 heterocycles. The molecule has 4 fully saturated rings. The largest absolute Gasteiger partial charge is 0.382 e. The van der Waals surface area contributed by atoms with E-state index in [1.54, 1.807) is 4.57 Å². The van der Waals surface area contributed by atoms with Gasteiger partial charge in [-0.1, -0.05) is 23.9 Å². The molecule has 0 spiro atoms. The van der Waals surface area contributed by atoms with Crippen LogP contribution in [0.3, 0.4) is 0 Å². The number of Topliss-reactive ketones (excluding diaryl/α,β-unsaturated/α-hetero) is 1. The molecule has 6 heteroatoms. The van der Waals surface area contributed by atoms with Crippen molar-refractivity contribution in [3.8, 4) is 0 Å². The van der Waals surface area contributed by atoms with Crippen LogP contribution in [0.4, 0.5) is 0 Å². The molecule has 0 radical (unpaired) electrons. The number of aromatic nitrogens is 2. The lowest BCUT2D eigenvalue weighted by atomic mass is 9.48. The van der Waals surface area contributed by atoms with Gasteiger partial charge >= 0.3 is 0 Å². The number of ketones is 1. The van der Waals surface area contributed by atoms with E-state index in [0.29, 0.717) is 47.4 Å². The molecular formula is C25H32N2O3S. The lowest BCUT2D eigenvalue weighted by Gasteiger charge is -2.56. The number of hydrogen-bond donors (Lipinski definition) is 0. The van der Waals surface area contributed by atoms with Crippen LogP contribution < -0.4 is 5.56 Å². The SMILES string of the molecule is CCOCCCn1c(SCC(=O)C23CC4CC(CC(C4)C2)C3)nc2ccccc2c1=O. The molecule has 0 N–H and O–H groups in total. The summed E-state index contributed by atoms with van der Waals surface area (Å²) in [5.74, 6) is 3.09. The Morgan fingerprint density at radius 1 is 1.16 bits per heavy atom. The molecule has 0 unspecified atom stereocenters. The van der Waals surface area contributed by atoms with Gasteiger partial charge < -0.3 is 4.74 Å². The molecule has 31 heavy (non-hydrogen) atoms. The van der Waals surface area contributed by atoms with Crippen molar-refractivity contribution in [2.75, 3.05) is 19.0 Å². The molecule has 4 saturated carbocycles. The molecular weight excluding hydrogens is 408 g/mol. The molecule has 2 aromatic rings. The van der Waals surface area contributed by atoms with Gasteiger partial charge in [-0.15, -0.1) is 0 Å². The highest BCUT2D eigenvalue weighted by Crippen LogP contribution is 2.60. The summed E-state index contributed by atoms with van der Waals surface area (Å²) in [7, 11) is 0. The number of benzene rings is 1. The summed E-state index contributed by atoms with van der Waals surface area (Å²) in [6.45, 7) is 3.82. The fourth-order valence-corrected chi connectivity index (χ4v) is 7.72. The number of hydrogen-bond acceptors (Lipinski definition) is 5. The Bertz CT molecular complexity index is 996. The van der Waals surface area contributed by atoms with E-state index in [2.05, 4.69) is 0 Å². The number of fused-ring (bicyclic) bond motifs is 1. The number of thioether (sulfide) groups is 1. The Morgan fingerprint density at radius 3 is 2.52 bits per heavy atom. The van der Waals surface area contributed by atoms with Crippen LogP contribution in [0.2, 0.25) is 0 Å². The van der Waals surface area contributed by atoms with Gasteiger partial charge in [0.25, 0.3) is 5.56 Å². The maximum atomic E-state index is 13.5. The third-order valence-electron chi connectivity index (χ3n) is 7.66. The van der Waals surface area contributed by atoms with Crippen LogP contribution in [-0.4, -0.2) is 34.3 Å². The second-order valence-electron chi connectivity index (χ2n) is 9.83. The molecule has 1 aromatic heterocycles. The van der Waals surface area contributed by atoms with Crippen LogP contribution in [0, 0.1) is 23.2 Å². The molecule has 1 aromatic carbocycles. The van der Waals surface area contributed by atoms with Crippen molar-refractivity contribution < 1.29 is 9.53 Å². The molecule has 0 aliphatic heterocycles. The summed E-state index contributed by atoms with van der Waals surface area (Å²) in [5.41, 5.74) is 0.587. The number of rotatable bonds is 9. The summed E-state index contributed by atoms with van der Waals surface area (Å²) in [5, 5.41) is 1.30. The monoisotopic (exact) mass is 440 g/mol. The molecule has 166 valence electrons. The number of carbonyl (C=O) groups excluding carboxylic acids is 1. The lowest BCUT2D eigenvalue weighted by Crippen LogP contribution is -2.50. The fourth-order valence-electron chi connectivity index (χ4n) is 6.66. The third-order valence-corrected chi connectivity index (χ3v) is 8.64. The van der Waals surface area contributed by atoms with E-state index in [-0.39, 0.29) is 11.0 Å². The highest BCUT2D eigenvalue weighted by molar-refractivity contribution is 7.99. The van der Waals surface area contributed by atoms with E-state index in [0.717, 1.165) is 43.4 Å². The Balaban J connectivity index is 1.36. The highest BCUT2D eigenvalue weighted by atomic mass is 32.2. The Morgan fingerprint density at radius 2 is 1.84 bits per heavy atom. The summed E-state index contributed by atoms with van der Waals surface area (Å²) in [6.07, 6.45) is 8.03. The Hall–Kier alpha value is -1.66. The van der Waals surface area contributed by atoms with E-state index in [4.69, 9.17) is 9.72 Å². The first kappa shape index (κ1) is 21.2. The predicted molar refractivity (Wildman–Crippen MR) is 123 cm³/mol. The molecule has 4 aliphatic rings. The lowest BCUT2D eigenvalue weighted by molar-refractivity contribution is -0.141. The van der Waals surface area contributed by atoms with Crippen LogP contribution in [0.1, 0.15) is 51.9 Å². The van der Waals surface area contributed by atoms with Crippen molar-refractivity contribution in [2.24, 2.45) is 23.2 Å². The zero-order valence-corrected chi connectivity index (χ0v) is 19.2. The van der Waals surface area contributed by atoms with Gasteiger partial charge in [0, 0.05) is 25.2 Å². The Kier molecular flexibility index (Phi) is 5.95. The van der Waals surface area contributed by atoms with Crippen molar-refractivity contribution >= 4 is 28.4 Å². The third kappa shape index (κ3) is 4.09. The fraction of sp³-hybridized carbons (Fsp3) is 0.640. The van der Waals surface area contributed by atoms with Crippen LogP contribution in [0.15, 0.2) is 34.2 Å². The van der Waals surface area contributed by atoms with Gasteiger partial charge in [-0.2, -0.15) is 0 Å². The average molecular weight is 441 g/mol. The molecule has 0 amide bonds. The minimum atomic E-state index is -0.0985. The van der Waals surface area contributed by atoms with E-state index in [1.807, 2.05) is 31.2 Å². The van der Waals surface area contributed by atoms with Gasteiger partial charge in [0.2, 0.25) is 0 Å². The topological polar surface area (TPSA) is 61.2 Å². The van der Waals surface area contributed by atoms with Gasteiger partial charge in [0.1, 0.15) is 5.78 Å².